The first kappa shape index (κ1) is 17.0. The van der Waals surface area contributed by atoms with Crippen molar-refractivity contribution in [3.8, 4) is 0 Å². The first-order valence-corrected chi connectivity index (χ1v) is 5.83. The predicted octanol–water partition coefficient (Wildman–Crippen LogP) is 5.58. The van der Waals surface area contributed by atoms with Crippen LogP contribution in [0.15, 0.2) is 41.2 Å². The average molecular weight is 220 g/mol. The van der Waals surface area contributed by atoms with Crippen molar-refractivity contribution >= 4 is 5.69 Å². The largest absolute Gasteiger partial charge is 0.159 e. The Morgan fingerprint density at radius 2 is 1.62 bits per heavy atom. The number of hydrogen-bond acceptors (Lipinski definition) is 2. The molecule has 0 aromatic heterocycles. The van der Waals surface area contributed by atoms with Gasteiger partial charge in [-0.15, -0.1) is 0 Å². The fourth-order valence-electron chi connectivity index (χ4n) is 1.02. The maximum atomic E-state index is 3.97. The lowest BCUT2D eigenvalue weighted by Crippen LogP contribution is -1.75. The third-order valence-corrected chi connectivity index (χ3v) is 1.60. The summed E-state index contributed by atoms with van der Waals surface area (Å²) in [6, 6.07) is 6.06. The fraction of sp³-hybridized carbons (Fsp3) is 0.429. The van der Waals surface area contributed by atoms with Crippen LogP contribution in [0.4, 0.5) is 5.69 Å². The van der Waals surface area contributed by atoms with Gasteiger partial charge in [0.1, 0.15) is 0 Å². The molecule has 2 heteroatoms. The molecule has 0 saturated carbocycles. The molecule has 16 heavy (non-hydrogen) atoms. The van der Waals surface area contributed by atoms with E-state index >= 15 is 0 Å². The minimum atomic E-state index is 0.903. The topological polar surface area (TPSA) is 24.7 Å². The van der Waals surface area contributed by atoms with Gasteiger partial charge in [-0.05, 0) is 25.5 Å². The third-order valence-electron chi connectivity index (χ3n) is 1.60. The van der Waals surface area contributed by atoms with E-state index in [1.54, 1.807) is 0 Å². The zero-order valence-corrected chi connectivity index (χ0v) is 11.4. The number of azo groups is 1. The van der Waals surface area contributed by atoms with Crippen LogP contribution in [-0.4, -0.2) is 0 Å². The predicted molar refractivity (Wildman–Crippen MR) is 73.3 cm³/mol. The molecule has 90 valence electrons. The second-order valence-electron chi connectivity index (χ2n) is 2.69. The van der Waals surface area contributed by atoms with Gasteiger partial charge in [0.2, 0.25) is 0 Å². The first-order chi connectivity index (χ1) is 7.74. The van der Waals surface area contributed by atoms with E-state index < -0.39 is 0 Å². The number of aryl methyl sites for hydroxylation is 2. The number of benzene rings is 1. The minimum absolute atomic E-state index is 0.903. The Kier molecular flexibility index (Phi) is 12.3. The molecule has 0 unspecified atom stereocenters. The van der Waals surface area contributed by atoms with Gasteiger partial charge in [0.05, 0.1) is 5.69 Å². The Hall–Kier alpha value is -1.44. The van der Waals surface area contributed by atoms with Crippen molar-refractivity contribution in [3.05, 3.63) is 42.1 Å². The van der Waals surface area contributed by atoms with Crippen molar-refractivity contribution in [2.24, 2.45) is 10.2 Å². The number of rotatable bonds is 2. The molecule has 0 radical (unpaired) electrons. The monoisotopic (exact) mass is 220 g/mol. The molecule has 0 saturated heterocycles. The Bertz CT molecular complexity index is 315. The van der Waals surface area contributed by atoms with Gasteiger partial charge >= 0.3 is 0 Å². The van der Waals surface area contributed by atoms with Crippen molar-refractivity contribution in [1.29, 1.82) is 0 Å². The second-order valence-corrected chi connectivity index (χ2v) is 2.69. The highest BCUT2D eigenvalue weighted by atomic mass is 15.1. The van der Waals surface area contributed by atoms with Gasteiger partial charge in [-0.3, -0.25) is 0 Å². The van der Waals surface area contributed by atoms with Crippen molar-refractivity contribution in [2.75, 3.05) is 0 Å². The second kappa shape index (κ2) is 11.6. The van der Waals surface area contributed by atoms with Crippen molar-refractivity contribution in [2.45, 2.75) is 41.5 Å². The lowest BCUT2D eigenvalue weighted by molar-refractivity contribution is 1.20. The Morgan fingerprint density at radius 3 is 2.06 bits per heavy atom. The van der Waals surface area contributed by atoms with Crippen LogP contribution in [0.1, 0.15) is 38.8 Å². The molecule has 0 bridgehead atoms. The van der Waals surface area contributed by atoms with Gasteiger partial charge in [-0.25, -0.2) is 0 Å². The summed E-state index contributed by atoms with van der Waals surface area (Å²) in [5, 5.41) is 7.69. The van der Waals surface area contributed by atoms with Crippen LogP contribution >= 0.6 is 0 Å². The lowest BCUT2D eigenvalue weighted by atomic mass is 10.1. The molecule has 1 rings (SSSR count). The molecule has 0 N–H and O–H groups in total. The van der Waals surface area contributed by atoms with Crippen LogP contribution in [0.3, 0.4) is 0 Å². The van der Waals surface area contributed by atoms with E-state index in [-0.39, 0.29) is 0 Å². The third kappa shape index (κ3) is 6.93. The highest BCUT2D eigenvalue weighted by molar-refractivity contribution is 5.46. The molecule has 0 amide bonds. The molecule has 1 aromatic rings. The van der Waals surface area contributed by atoms with Crippen LogP contribution in [0.25, 0.3) is 0 Å². The van der Waals surface area contributed by atoms with Crippen molar-refractivity contribution in [3.63, 3.8) is 0 Å². The molecule has 0 fully saturated rings. The Morgan fingerprint density at radius 1 is 1.06 bits per heavy atom. The Labute approximate surface area is 100 Å². The van der Waals surface area contributed by atoms with Crippen LogP contribution in [0.2, 0.25) is 0 Å². The molecule has 1 aromatic carbocycles. The molecule has 0 aliphatic heterocycles. The van der Waals surface area contributed by atoms with E-state index in [9.17, 15) is 0 Å². The molecular weight excluding hydrogens is 196 g/mol. The molecule has 0 aliphatic carbocycles. The summed E-state index contributed by atoms with van der Waals surface area (Å²) in [6.07, 6.45) is 1.43. The summed E-state index contributed by atoms with van der Waals surface area (Å²) in [4.78, 5) is 0. The lowest BCUT2D eigenvalue weighted by Gasteiger charge is -1.98. The standard InChI is InChI=1S/C10H12N2.2C2H6/c1-4-11-12-10-6-5-8(2)7-9(10)3;2*1-2/h4-7H,1H2,2-3H3;2*1-2H3. The van der Waals surface area contributed by atoms with E-state index in [4.69, 9.17) is 0 Å². The van der Waals surface area contributed by atoms with Crippen LogP contribution in [0.5, 0.6) is 0 Å². The summed E-state index contributed by atoms with van der Waals surface area (Å²) in [5.41, 5.74) is 3.28. The number of nitrogens with zero attached hydrogens (tertiary/aromatic N) is 2. The first-order valence-electron chi connectivity index (χ1n) is 5.83. The van der Waals surface area contributed by atoms with E-state index in [1.807, 2.05) is 46.8 Å². The zero-order valence-electron chi connectivity index (χ0n) is 11.4. The van der Waals surface area contributed by atoms with Crippen LogP contribution in [0, 0.1) is 13.8 Å². The van der Waals surface area contributed by atoms with E-state index in [0.717, 1.165) is 11.3 Å². The minimum Gasteiger partial charge on any atom is -0.159 e. The summed E-state index contributed by atoms with van der Waals surface area (Å²) in [7, 11) is 0. The summed E-state index contributed by atoms with van der Waals surface area (Å²) in [6.45, 7) is 15.5. The smallest absolute Gasteiger partial charge is 0.0886 e. The van der Waals surface area contributed by atoms with E-state index in [2.05, 4.69) is 29.8 Å². The van der Waals surface area contributed by atoms with Crippen LogP contribution < -0.4 is 0 Å². The van der Waals surface area contributed by atoms with Crippen molar-refractivity contribution < 1.29 is 0 Å². The zero-order chi connectivity index (χ0) is 13.0. The molecular formula is C14H24N2. The van der Waals surface area contributed by atoms with Gasteiger partial charge < -0.3 is 0 Å². The quantitative estimate of drug-likeness (QED) is 0.581. The maximum Gasteiger partial charge on any atom is 0.0886 e. The average Bonchev–Trinajstić information content (AvgIpc) is 2.33. The van der Waals surface area contributed by atoms with Gasteiger partial charge in [0.15, 0.2) is 0 Å². The molecule has 0 heterocycles. The Balaban J connectivity index is 0. The van der Waals surface area contributed by atoms with Crippen molar-refractivity contribution in [1.82, 2.24) is 0 Å². The summed E-state index contributed by atoms with van der Waals surface area (Å²) >= 11 is 0. The van der Waals surface area contributed by atoms with Gasteiger partial charge in [0.25, 0.3) is 0 Å². The van der Waals surface area contributed by atoms with Gasteiger partial charge in [-0.2, -0.15) is 10.2 Å². The molecule has 0 aliphatic rings. The fourth-order valence-corrected chi connectivity index (χ4v) is 1.02. The molecule has 2 nitrogen and oxygen atoms in total. The summed E-state index contributed by atoms with van der Waals surface area (Å²) < 4.78 is 0. The normalized spacial score (nSPS) is 8.62. The maximum absolute atomic E-state index is 3.97. The molecule has 0 atom stereocenters. The SMILES string of the molecule is C=CN=Nc1ccc(C)cc1C.CC.CC. The van der Waals surface area contributed by atoms with Crippen LogP contribution in [-0.2, 0) is 0 Å². The van der Waals surface area contributed by atoms with E-state index in [1.165, 1.54) is 11.8 Å². The highest BCUT2D eigenvalue weighted by Crippen LogP contribution is 2.19. The van der Waals surface area contributed by atoms with E-state index in [0.29, 0.717) is 0 Å². The van der Waals surface area contributed by atoms with Gasteiger partial charge in [0, 0.05) is 6.20 Å². The molecule has 0 spiro atoms. The van der Waals surface area contributed by atoms with Gasteiger partial charge in [-0.1, -0.05) is 52.0 Å². The number of hydrogen-bond donors (Lipinski definition) is 0. The summed E-state index contributed by atoms with van der Waals surface area (Å²) in [5.74, 6) is 0. The highest BCUT2D eigenvalue weighted by Gasteiger charge is 1.94.